The third-order valence-corrected chi connectivity index (χ3v) is 4.46. The zero-order valence-electron chi connectivity index (χ0n) is 11.8. The third-order valence-electron chi connectivity index (χ3n) is 3.12. The topological polar surface area (TPSA) is 49.3 Å². The third kappa shape index (κ3) is 5.50. The van der Waals surface area contributed by atoms with Crippen molar-refractivity contribution in [1.82, 2.24) is 5.32 Å². The molecule has 2 aromatic rings. The molecular weight excluding hydrogens is 306 g/mol. The quantitative estimate of drug-likeness (QED) is 0.816. The predicted octanol–water partition coefficient (Wildman–Crippen LogP) is 3.75. The van der Waals surface area contributed by atoms with Gasteiger partial charge in [-0.15, -0.1) is 11.3 Å². The highest BCUT2D eigenvalue weighted by Crippen LogP contribution is 2.17. The van der Waals surface area contributed by atoms with Crippen LogP contribution in [0.4, 0.5) is 0 Å². The van der Waals surface area contributed by atoms with Gasteiger partial charge in [-0.1, -0.05) is 23.7 Å². The number of aliphatic carboxylic acids is 1. The number of halogens is 1. The summed E-state index contributed by atoms with van der Waals surface area (Å²) >= 11 is 7.42. The summed E-state index contributed by atoms with van der Waals surface area (Å²) in [6.07, 6.45) is 1.04. The molecule has 0 fully saturated rings. The van der Waals surface area contributed by atoms with E-state index in [1.165, 1.54) is 5.56 Å². The minimum Gasteiger partial charge on any atom is -0.481 e. The highest BCUT2D eigenvalue weighted by atomic mass is 35.5. The number of nitrogens with one attached hydrogen (secondary N) is 1. The van der Waals surface area contributed by atoms with Crippen molar-refractivity contribution in [2.75, 3.05) is 0 Å². The van der Waals surface area contributed by atoms with Crippen LogP contribution in [0.5, 0.6) is 0 Å². The second-order valence-electron chi connectivity index (χ2n) is 5.05. The molecule has 3 nitrogen and oxygen atoms in total. The number of carboxylic acid groups (broad SMARTS) is 1. The molecule has 2 N–H and O–H groups in total. The summed E-state index contributed by atoms with van der Waals surface area (Å²) < 4.78 is 0. The fourth-order valence-corrected chi connectivity index (χ4v) is 3.17. The lowest BCUT2D eigenvalue weighted by Gasteiger charge is -2.13. The van der Waals surface area contributed by atoms with Crippen LogP contribution in [-0.2, 0) is 24.2 Å². The van der Waals surface area contributed by atoms with E-state index in [-0.39, 0.29) is 6.42 Å². The van der Waals surface area contributed by atoms with E-state index in [9.17, 15) is 4.79 Å². The van der Waals surface area contributed by atoms with Crippen molar-refractivity contribution in [3.05, 3.63) is 56.7 Å². The Morgan fingerprint density at radius 1 is 1.24 bits per heavy atom. The van der Waals surface area contributed by atoms with Gasteiger partial charge in [-0.25, -0.2) is 0 Å². The van der Waals surface area contributed by atoms with E-state index in [0.717, 1.165) is 27.7 Å². The number of rotatable bonds is 7. The molecule has 0 bridgehead atoms. The zero-order valence-corrected chi connectivity index (χ0v) is 13.4. The molecule has 1 aromatic carbocycles. The molecule has 0 aliphatic rings. The first-order valence-electron chi connectivity index (χ1n) is 6.80. The maximum Gasteiger partial charge on any atom is 0.308 e. The molecule has 0 radical (unpaired) electrons. The number of carbonyl (C=O) groups is 1. The fourth-order valence-electron chi connectivity index (χ4n) is 2.08. The highest BCUT2D eigenvalue weighted by Gasteiger charge is 2.07. The Morgan fingerprint density at radius 2 is 1.90 bits per heavy atom. The minimum atomic E-state index is -0.785. The normalized spacial score (nSPS) is 12.3. The van der Waals surface area contributed by atoms with Crippen LogP contribution in [0.25, 0.3) is 0 Å². The monoisotopic (exact) mass is 323 g/mol. The SMILES string of the molecule is CC(Cc1ccc(Cl)cc1)NCc1ccc(CC(=O)O)s1. The van der Waals surface area contributed by atoms with Gasteiger partial charge in [-0.2, -0.15) is 0 Å². The van der Waals surface area contributed by atoms with Crippen molar-refractivity contribution in [3.8, 4) is 0 Å². The summed E-state index contributed by atoms with van der Waals surface area (Å²) in [5.41, 5.74) is 1.25. The average Bonchev–Trinajstić information content (AvgIpc) is 2.86. The van der Waals surface area contributed by atoms with E-state index in [1.807, 2.05) is 36.4 Å². The number of hydrogen-bond donors (Lipinski definition) is 2. The molecule has 1 aromatic heterocycles. The summed E-state index contributed by atoms with van der Waals surface area (Å²) in [5, 5.41) is 13.0. The van der Waals surface area contributed by atoms with Gasteiger partial charge < -0.3 is 10.4 Å². The van der Waals surface area contributed by atoms with Crippen LogP contribution in [0.3, 0.4) is 0 Å². The van der Waals surface area contributed by atoms with Crippen LogP contribution < -0.4 is 5.32 Å². The Hall–Kier alpha value is -1.36. The van der Waals surface area contributed by atoms with Gasteiger partial charge >= 0.3 is 5.97 Å². The summed E-state index contributed by atoms with van der Waals surface area (Å²) in [7, 11) is 0. The van der Waals surface area contributed by atoms with Crippen molar-refractivity contribution >= 4 is 28.9 Å². The van der Waals surface area contributed by atoms with Gasteiger partial charge in [0.15, 0.2) is 0 Å². The lowest BCUT2D eigenvalue weighted by molar-refractivity contribution is -0.136. The molecule has 0 aliphatic heterocycles. The standard InChI is InChI=1S/C16H18ClNO2S/c1-11(8-12-2-4-13(17)5-3-12)18-10-15-7-6-14(21-15)9-16(19)20/h2-7,11,18H,8-10H2,1H3,(H,19,20). The first-order valence-corrected chi connectivity index (χ1v) is 7.99. The van der Waals surface area contributed by atoms with Gasteiger partial charge in [0.05, 0.1) is 6.42 Å². The Labute approximate surface area is 133 Å². The molecule has 1 heterocycles. The summed E-state index contributed by atoms with van der Waals surface area (Å²) in [5.74, 6) is -0.785. The molecule has 2 rings (SSSR count). The van der Waals surface area contributed by atoms with Crippen LogP contribution in [0.15, 0.2) is 36.4 Å². The van der Waals surface area contributed by atoms with E-state index in [4.69, 9.17) is 16.7 Å². The Morgan fingerprint density at radius 3 is 2.57 bits per heavy atom. The van der Waals surface area contributed by atoms with E-state index in [1.54, 1.807) is 11.3 Å². The van der Waals surface area contributed by atoms with Crippen molar-refractivity contribution in [3.63, 3.8) is 0 Å². The largest absolute Gasteiger partial charge is 0.481 e. The molecule has 21 heavy (non-hydrogen) atoms. The van der Waals surface area contributed by atoms with E-state index in [2.05, 4.69) is 12.2 Å². The van der Waals surface area contributed by atoms with Crippen LogP contribution in [0.2, 0.25) is 5.02 Å². The molecule has 0 aliphatic carbocycles. The first kappa shape index (κ1) is 16.0. The van der Waals surface area contributed by atoms with Gasteiger partial charge in [-0.3, -0.25) is 4.79 Å². The van der Waals surface area contributed by atoms with Crippen molar-refractivity contribution < 1.29 is 9.90 Å². The Kier molecular flexibility index (Phi) is 5.79. The lowest BCUT2D eigenvalue weighted by atomic mass is 10.1. The average molecular weight is 324 g/mol. The summed E-state index contributed by atoms with van der Waals surface area (Å²) in [6.45, 7) is 2.90. The molecular formula is C16H18ClNO2S. The predicted molar refractivity (Wildman–Crippen MR) is 87.1 cm³/mol. The van der Waals surface area contributed by atoms with Crippen LogP contribution in [0, 0.1) is 0 Å². The summed E-state index contributed by atoms with van der Waals surface area (Å²) in [6, 6.07) is 12.1. The van der Waals surface area contributed by atoms with Gasteiger partial charge in [-0.05, 0) is 43.2 Å². The maximum absolute atomic E-state index is 10.7. The van der Waals surface area contributed by atoms with Crippen molar-refractivity contribution in [2.24, 2.45) is 0 Å². The number of hydrogen-bond acceptors (Lipinski definition) is 3. The number of thiophene rings is 1. The smallest absolute Gasteiger partial charge is 0.308 e. The second-order valence-corrected chi connectivity index (χ2v) is 6.74. The van der Waals surface area contributed by atoms with E-state index < -0.39 is 5.97 Å². The van der Waals surface area contributed by atoms with Crippen molar-refractivity contribution in [1.29, 1.82) is 0 Å². The van der Waals surface area contributed by atoms with Crippen LogP contribution in [0.1, 0.15) is 22.2 Å². The molecule has 0 amide bonds. The summed E-state index contributed by atoms with van der Waals surface area (Å²) in [4.78, 5) is 12.7. The molecule has 0 spiro atoms. The van der Waals surface area contributed by atoms with E-state index in [0.29, 0.717) is 6.04 Å². The van der Waals surface area contributed by atoms with Crippen molar-refractivity contribution in [2.45, 2.75) is 32.4 Å². The maximum atomic E-state index is 10.7. The first-order chi connectivity index (χ1) is 10.0. The van der Waals surface area contributed by atoms with Gasteiger partial charge in [0, 0.05) is 27.4 Å². The molecule has 0 saturated carbocycles. The zero-order chi connectivity index (χ0) is 15.2. The lowest BCUT2D eigenvalue weighted by Crippen LogP contribution is -2.27. The number of carboxylic acids is 1. The molecule has 1 unspecified atom stereocenters. The number of benzene rings is 1. The molecule has 112 valence electrons. The van der Waals surface area contributed by atoms with Crippen LogP contribution in [-0.4, -0.2) is 17.1 Å². The minimum absolute atomic E-state index is 0.102. The Balaban J connectivity index is 1.80. The van der Waals surface area contributed by atoms with E-state index >= 15 is 0 Å². The Bertz CT molecular complexity index is 595. The molecule has 1 atom stereocenters. The van der Waals surface area contributed by atoms with Gasteiger partial charge in [0.2, 0.25) is 0 Å². The van der Waals surface area contributed by atoms with Crippen LogP contribution >= 0.6 is 22.9 Å². The molecule has 0 saturated heterocycles. The van der Waals surface area contributed by atoms with Gasteiger partial charge in [0.1, 0.15) is 0 Å². The second kappa shape index (κ2) is 7.59. The molecule has 5 heteroatoms. The fraction of sp³-hybridized carbons (Fsp3) is 0.312. The van der Waals surface area contributed by atoms with Gasteiger partial charge in [0.25, 0.3) is 0 Å². The highest BCUT2D eigenvalue weighted by molar-refractivity contribution is 7.12.